The molecule has 0 N–H and O–H groups in total. The van der Waals surface area contributed by atoms with Crippen molar-refractivity contribution in [3.8, 4) is 33.8 Å². The quantitative estimate of drug-likeness (QED) is 0.433. The summed E-state index contributed by atoms with van der Waals surface area (Å²) in [7, 11) is 0. The third-order valence-corrected chi connectivity index (χ3v) is 3.94. The van der Waals surface area contributed by atoms with Crippen LogP contribution in [0.4, 0.5) is 0 Å². The lowest BCUT2D eigenvalue weighted by atomic mass is 9.98. The number of rotatable bonds is 3. The molecule has 0 radical (unpaired) electrons. The van der Waals surface area contributed by atoms with Crippen molar-refractivity contribution in [2.45, 2.75) is 0 Å². The summed E-state index contributed by atoms with van der Waals surface area (Å²) in [4.78, 5) is 0. The van der Waals surface area contributed by atoms with E-state index in [4.69, 9.17) is 4.42 Å². The SMILES string of the molecule is c1ccc(-c2ccc(-c3ccccc3-c3ccccc3)o2)cc1. The molecule has 0 aliphatic heterocycles. The lowest BCUT2D eigenvalue weighted by molar-refractivity contribution is 0.597. The number of hydrogen-bond donors (Lipinski definition) is 0. The molecule has 0 spiro atoms. The zero-order valence-corrected chi connectivity index (χ0v) is 12.6. The van der Waals surface area contributed by atoms with Crippen molar-refractivity contribution in [2.75, 3.05) is 0 Å². The maximum absolute atomic E-state index is 6.12. The van der Waals surface area contributed by atoms with Gasteiger partial charge < -0.3 is 4.42 Å². The smallest absolute Gasteiger partial charge is 0.135 e. The van der Waals surface area contributed by atoms with Crippen LogP contribution in [-0.2, 0) is 0 Å². The van der Waals surface area contributed by atoms with Crippen LogP contribution in [0.3, 0.4) is 0 Å². The van der Waals surface area contributed by atoms with Crippen molar-refractivity contribution in [3.63, 3.8) is 0 Å². The Morgan fingerprint density at radius 1 is 0.391 bits per heavy atom. The van der Waals surface area contributed by atoms with Gasteiger partial charge in [0.25, 0.3) is 0 Å². The molecule has 1 heteroatoms. The molecule has 4 rings (SSSR count). The second-order valence-electron chi connectivity index (χ2n) is 5.44. The second kappa shape index (κ2) is 5.98. The molecule has 0 fully saturated rings. The summed E-state index contributed by atoms with van der Waals surface area (Å²) < 4.78 is 6.12. The first-order valence-corrected chi connectivity index (χ1v) is 7.72. The molecule has 0 saturated carbocycles. The normalized spacial score (nSPS) is 10.6. The van der Waals surface area contributed by atoms with E-state index in [0.717, 1.165) is 22.6 Å². The maximum atomic E-state index is 6.12. The van der Waals surface area contributed by atoms with Gasteiger partial charge in [-0.15, -0.1) is 0 Å². The molecule has 1 aromatic heterocycles. The van der Waals surface area contributed by atoms with Gasteiger partial charge in [0.15, 0.2) is 0 Å². The van der Waals surface area contributed by atoms with E-state index in [2.05, 4.69) is 54.6 Å². The molecule has 1 nitrogen and oxygen atoms in total. The molecule has 0 saturated heterocycles. The Morgan fingerprint density at radius 2 is 0.913 bits per heavy atom. The van der Waals surface area contributed by atoms with Gasteiger partial charge in [-0.1, -0.05) is 84.9 Å². The molecule has 4 aromatic rings. The number of hydrogen-bond acceptors (Lipinski definition) is 1. The van der Waals surface area contributed by atoms with Gasteiger partial charge in [0.2, 0.25) is 0 Å². The summed E-state index contributed by atoms with van der Waals surface area (Å²) in [5, 5.41) is 0. The Bertz CT molecular complexity index is 905. The molecule has 0 unspecified atom stereocenters. The van der Waals surface area contributed by atoms with Gasteiger partial charge in [0.05, 0.1) is 0 Å². The highest BCUT2D eigenvalue weighted by Crippen LogP contribution is 2.35. The number of benzene rings is 3. The minimum atomic E-state index is 0.892. The van der Waals surface area contributed by atoms with Crippen molar-refractivity contribution in [1.29, 1.82) is 0 Å². The Kier molecular flexibility index (Phi) is 3.53. The van der Waals surface area contributed by atoms with Gasteiger partial charge in [-0.25, -0.2) is 0 Å². The molecule has 110 valence electrons. The fourth-order valence-corrected chi connectivity index (χ4v) is 2.81. The monoisotopic (exact) mass is 296 g/mol. The molecule has 0 bridgehead atoms. The zero-order valence-electron chi connectivity index (χ0n) is 12.6. The summed E-state index contributed by atoms with van der Waals surface area (Å²) in [6.07, 6.45) is 0. The molecule has 0 amide bonds. The van der Waals surface area contributed by atoms with Crippen LogP contribution in [0.25, 0.3) is 33.8 Å². The van der Waals surface area contributed by atoms with E-state index in [0.29, 0.717) is 0 Å². The molecular weight excluding hydrogens is 280 g/mol. The second-order valence-corrected chi connectivity index (χ2v) is 5.44. The Labute approximate surface area is 135 Å². The van der Waals surface area contributed by atoms with Gasteiger partial charge in [-0.2, -0.15) is 0 Å². The predicted molar refractivity (Wildman–Crippen MR) is 95.0 cm³/mol. The highest BCUT2D eigenvalue weighted by molar-refractivity contribution is 5.82. The first-order valence-electron chi connectivity index (χ1n) is 7.72. The molecule has 1 heterocycles. The van der Waals surface area contributed by atoms with E-state index in [9.17, 15) is 0 Å². The zero-order chi connectivity index (χ0) is 15.5. The van der Waals surface area contributed by atoms with Crippen LogP contribution in [0, 0.1) is 0 Å². The first kappa shape index (κ1) is 13.6. The average Bonchev–Trinajstić information content (AvgIpc) is 3.13. The van der Waals surface area contributed by atoms with E-state index >= 15 is 0 Å². The Balaban J connectivity index is 1.79. The van der Waals surface area contributed by atoms with Crippen LogP contribution in [0.2, 0.25) is 0 Å². The number of furan rings is 1. The third kappa shape index (κ3) is 2.69. The van der Waals surface area contributed by atoms with E-state index in [-0.39, 0.29) is 0 Å². The summed E-state index contributed by atoms with van der Waals surface area (Å²) in [5.74, 6) is 1.78. The van der Waals surface area contributed by atoms with Gasteiger partial charge in [0, 0.05) is 11.1 Å². The summed E-state index contributed by atoms with van der Waals surface area (Å²) in [6.45, 7) is 0. The third-order valence-electron chi connectivity index (χ3n) is 3.94. The molecule has 3 aromatic carbocycles. The van der Waals surface area contributed by atoms with Crippen LogP contribution in [0.1, 0.15) is 0 Å². The first-order chi connectivity index (χ1) is 11.4. The van der Waals surface area contributed by atoms with E-state index < -0.39 is 0 Å². The van der Waals surface area contributed by atoms with Gasteiger partial charge in [0.1, 0.15) is 11.5 Å². The molecular formula is C22H16O. The molecule has 0 aliphatic rings. The fourth-order valence-electron chi connectivity index (χ4n) is 2.81. The van der Waals surface area contributed by atoms with Gasteiger partial charge in [-0.05, 0) is 23.3 Å². The minimum Gasteiger partial charge on any atom is -0.456 e. The Morgan fingerprint density at radius 3 is 1.61 bits per heavy atom. The lowest BCUT2D eigenvalue weighted by Gasteiger charge is -2.07. The van der Waals surface area contributed by atoms with E-state index in [1.165, 1.54) is 11.1 Å². The lowest BCUT2D eigenvalue weighted by Crippen LogP contribution is -1.82. The van der Waals surface area contributed by atoms with Crippen LogP contribution >= 0.6 is 0 Å². The predicted octanol–water partition coefficient (Wildman–Crippen LogP) is 6.28. The van der Waals surface area contributed by atoms with Crippen LogP contribution in [-0.4, -0.2) is 0 Å². The van der Waals surface area contributed by atoms with Crippen LogP contribution < -0.4 is 0 Å². The van der Waals surface area contributed by atoms with Crippen molar-refractivity contribution in [3.05, 3.63) is 97.1 Å². The van der Waals surface area contributed by atoms with Gasteiger partial charge >= 0.3 is 0 Å². The van der Waals surface area contributed by atoms with Crippen LogP contribution in [0.5, 0.6) is 0 Å². The standard InChI is InChI=1S/C22H16O/c1-3-9-17(10-4-1)19-13-7-8-14-20(19)22-16-15-21(23-22)18-11-5-2-6-12-18/h1-16H. The average molecular weight is 296 g/mol. The van der Waals surface area contributed by atoms with Gasteiger partial charge in [-0.3, -0.25) is 0 Å². The summed E-state index contributed by atoms with van der Waals surface area (Å²) in [6, 6.07) is 33.0. The van der Waals surface area contributed by atoms with Crippen molar-refractivity contribution < 1.29 is 4.42 Å². The topological polar surface area (TPSA) is 13.1 Å². The van der Waals surface area contributed by atoms with E-state index in [1.54, 1.807) is 0 Å². The largest absolute Gasteiger partial charge is 0.456 e. The maximum Gasteiger partial charge on any atom is 0.135 e. The highest BCUT2D eigenvalue weighted by atomic mass is 16.3. The highest BCUT2D eigenvalue weighted by Gasteiger charge is 2.11. The van der Waals surface area contributed by atoms with Crippen molar-refractivity contribution in [2.24, 2.45) is 0 Å². The summed E-state index contributed by atoms with van der Waals surface area (Å²) >= 11 is 0. The van der Waals surface area contributed by atoms with Crippen molar-refractivity contribution >= 4 is 0 Å². The molecule has 0 atom stereocenters. The fraction of sp³-hybridized carbons (Fsp3) is 0. The molecule has 23 heavy (non-hydrogen) atoms. The van der Waals surface area contributed by atoms with E-state index in [1.807, 2.05) is 42.5 Å². The Hall–Kier alpha value is -3.06. The minimum absolute atomic E-state index is 0.892. The molecule has 0 aliphatic carbocycles. The van der Waals surface area contributed by atoms with Crippen molar-refractivity contribution in [1.82, 2.24) is 0 Å². The van der Waals surface area contributed by atoms with Crippen LogP contribution in [0.15, 0.2) is 101 Å². The summed E-state index contributed by atoms with van der Waals surface area (Å²) in [5.41, 5.74) is 4.58.